The Labute approximate surface area is 107 Å². The summed E-state index contributed by atoms with van der Waals surface area (Å²) in [5.74, 6) is 6.22. The molecule has 0 saturated heterocycles. The number of aryl methyl sites for hydroxylation is 1. The first-order valence-electron chi connectivity index (χ1n) is 5.92. The van der Waals surface area contributed by atoms with Crippen LogP contribution in [0.4, 0.5) is 4.39 Å². The summed E-state index contributed by atoms with van der Waals surface area (Å²) in [6.45, 7) is 6.11. The van der Waals surface area contributed by atoms with Crippen LogP contribution in [0, 0.1) is 12.7 Å². The van der Waals surface area contributed by atoms with Crippen LogP contribution in [0.5, 0.6) is 0 Å². The minimum absolute atomic E-state index is 0.00380. The minimum atomic E-state index is -0.170. The fourth-order valence-corrected chi connectivity index (χ4v) is 2.49. The molecule has 0 amide bonds. The van der Waals surface area contributed by atoms with Crippen LogP contribution >= 0.6 is 11.8 Å². The Bertz CT molecular complexity index is 357. The van der Waals surface area contributed by atoms with Crippen LogP contribution in [0.15, 0.2) is 18.2 Å². The van der Waals surface area contributed by atoms with Gasteiger partial charge in [0.2, 0.25) is 0 Å². The Hall–Kier alpha value is -0.580. The predicted molar refractivity (Wildman–Crippen MR) is 73.4 cm³/mol. The Morgan fingerprint density at radius 1 is 1.47 bits per heavy atom. The van der Waals surface area contributed by atoms with Crippen molar-refractivity contribution < 1.29 is 4.39 Å². The van der Waals surface area contributed by atoms with E-state index in [1.165, 1.54) is 0 Å². The van der Waals surface area contributed by atoms with E-state index in [-0.39, 0.29) is 11.9 Å². The van der Waals surface area contributed by atoms with Crippen molar-refractivity contribution in [2.24, 2.45) is 5.84 Å². The third-order valence-electron chi connectivity index (χ3n) is 2.92. The molecule has 0 bridgehead atoms. The first-order chi connectivity index (χ1) is 8.08. The maximum absolute atomic E-state index is 13.5. The number of benzene rings is 1. The van der Waals surface area contributed by atoms with Gasteiger partial charge in [-0.15, -0.1) is 0 Å². The van der Waals surface area contributed by atoms with Crippen molar-refractivity contribution in [2.75, 3.05) is 5.75 Å². The van der Waals surface area contributed by atoms with E-state index in [9.17, 15) is 4.39 Å². The molecule has 0 aliphatic heterocycles. The summed E-state index contributed by atoms with van der Waals surface area (Å²) in [6.07, 6.45) is 1.13. The van der Waals surface area contributed by atoms with E-state index in [1.54, 1.807) is 19.1 Å². The minimum Gasteiger partial charge on any atom is -0.271 e. The van der Waals surface area contributed by atoms with Crippen molar-refractivity contribution in [3.8, 4) is 0 Å². The quantitative estimate of drug-likeness (QED) is 0.606. The molecule has 0 saturated carbocycles. The maximum Gasteiger partial charge on any atom is 0.126 e. The normalized spacial score (nSPS) is 14.6. The molecule has 0 aromatic heterocycles. The van der Waals surface area contributed by atoms with Gasteiger partial charge in [-0.2, -0.15) is 11.8 Å². The SMILES string of the molecule is CCC(C)SCC(NN)c1ccc(C)c(F)c1. The first-order valence-corrected chi connectivity index (χ1v) is 6.97. The molecule has 0 aliphatic carbocycles. The van der Waals surface area contributed by atoms with Gasteiger partial charge in [-0.25, -0.2) is 4.39 Å². The topological polar surface area (TPSA) is 38.0 Å². The Balaban J connectivity index is 2.69. The number of hydrogen-bond acceptors (Lipinski definition) is 3. The summed E-state index contributed by atoms with van der Waals surface area (Å²) in [6, 6.07) is 5.30. The number of nitrogens with two attached hydrogens (primary N) is 1. The van der Waals surface area contributed by atoms with Gasteiger partial charge in [0.25, 0.3) is 0 Å². The van der Waals surface area contributed by atoms with Crippen LogP contribution < -0.4 is 11.3 Å². The van der Waals surface area contributed by atoms with E-state index in [4.69, 9.17) is 5.84 Å². The average Bonchev–Trinajstić information content (AvgIpc) is 2.33. The smallest absolute Gasteiger partial charge is 0.126 e. The van der Waals surface area contributed by atoms with Gasteiger partial charge in [0.1, 0.15) is 5.82 Å². The molecule has 2 atom stereocenters. The fourth-order valence-electron chi connectivity index (χ4n) is 1.44. The highest BCUT2D eigenvalue weighted by atomic mass is 32.2. The number of hydrazine groups is 1. The molecule has 0 spiro atoms. The van der Waals surface area contributed by atoms with Gasteiger partial charge < -0.3 is 0 Å². The monoisotopic (exact) mass is 256 g/mol. The van der Waals surface area contributed by atoms with E-state index in [0.717, 1.165) is 17.7 Å². The van der Waals surface area contributed by atoms with Crippen LogP contribution in [0.2, 0.25) is 0 Å². The van der Waals surface area contributed by atoms with E-state index in [0.29, 0.717) is 10.8 Å². The lowest BCUT2D eigenvalue weighted by Crippen LogP contribution is -2.30. The van der Waals surface area contributed by atoms with Gasteiger partial charge in [-0.05, 0) is 30.5 Å². The highest BCUT2D eigenvalue weighted by molar-refractivity contribution is 7.99. The molecule has 0 heterocycles. The molecule has 96 valence electrons. The molecular weight excluding hydrogens is 235 g/mol. The lowest BCUT2D eigenvalue weighted by Gasteiger charge is -2.18. The lowest BCUT2D eigenvalue weighted by molar-refractivity contribution is 0.586. The molecule has 1 aromatic carbocycles. The highest BCUT2D eigenvalue weighted by Gasteiger charge is 2.12. The van der Waals surface area contributed by atoms with Crippen LogP contribution in [-0.4, -0.2) is 11.0 Å². The number of halogens is 1. The van der Waals surface area contributed by atoms with Gasteiger partial charge >= 0.3 is 0 Å². The molecule has 4 heteroatoms. The Morgan fingerprint density at radius 2 is 2.18 bits per heavy atom. The summed E-state index contributed by atoms with van der Waals surface area (Å²) in [4.78, 5) is 0. The van der Waals surface area contributed by atoms with Crippen LogP contribution in [-0.2, 0) is 0 Å². The van der Waals surface area contributed by atoms with Gasteiger partial charge in [0.05, 0.1) is 6.04 Å². The molecule has 1 rings (SSSR count). The second kappa shape index (κ2) is 6.99. The van der Waals surface area contributed by atoms with E-state index >= 15 is 0 Å². The van der Waals surface area contributed by atoms with Crippen molar-refractivity contribution in [3.63, 3.8) is 0 Å². The van der Waals surface area contributed by atoms with Crippen molar-refractivity contribution >= 4 is 11.8 Å². The third-order valence-corrected chi connectivity index (χ3v) is 4.35. The Kier molecular flexibility index (Phi) is 5.95. The summed E-state index contributed by atoms with van der Waals surface area (Å²) in [5, 5.41) is 0.598. The average molecular weight is 256 g/mol. The molecule has 2 nitrogen and oxygen atoms in total. The molecule has 2 unspecified atom stereocenters. The lowest BCUT2D eigenvalue weighted by atomic mass is 10.1. The number of hydrogen-bond donors (Lipinski definition) is 2. The second-order valence-corrected chi connectivity index (χ2v) is 5.75. The predicted octanol–water partition coefficient (Wildman–Crippen LogP) is 3.17. The summed E-state index contributed by atoms with van der Waals surface area (Å²) in [7, 11) is 0. The molecule has 0 aliphatic rings. The largest absolute Gasteiger partial charge is 0.271 e. The fraction of sp³-hybridized carbons (Fsp3) is 0.538. The van der Waals surface area contributed by atoms with Crippen molar-refractivity contribution in [3.05, 3.63) is 35.1 Å². The van der Waals surface area contributed by atoms with Gasteiger partial charge in [0.15, 0.2) is 0 Å². The van der Waals surface area contributed by atoms with E-state index < -0.39 is 0 Å². The van der Waals surface area contributed by atoms with E-state index in [1.807, 2.05) is 17.8 Å². The zero-order valence-electron chi connectivity index (χ0n) is 10.7. The molecular formula is C13H21FN2S. The molecule has 0 radical (unpaired) electrons. The summed E-state index contributed by atoms with van der Waals surface area (Å²) < 4.78 is 13.5. The van der Waals surface area contributed by atoms with Crippen LogP contribution in [0.1, 0.15) is 37.4 Å². The molecule has 0 fully saturated rings. The third kappa shape index (κ3) is 4.30. The van der Waals surface area contributed by atoms with Gasteiger partial charge in [0, 0.05) is 11.0 Å². The van der Waals surface area contributed by atoms with Crippen LogP contribution in [0.3, 0.4) is 0 Å². The maximum atomic E-state index is 13.5. The summed E-state index contributed by atoms with van der Waals surface area (Å²) in [5.41, 5.74) is 4.33. The first kappa shape index (κ1) is 14.5. The highest BCUT2D eigenvalue weighted by Crippen LogP contribution is 2.23. The zero-order chi connectivity index (χ0) is 12.8. The standard InChI is InChI=1S/C13H21FN2S/c1-4-10(3)17-8-13(16-15)11-6-5-9(2)12(14)7-11/h5-7,10,13,16H,4,8,15H2,1-3H3. The summed E-state index contributed by atoms with van der Waals surface area (Å²) >= 11 is 1.85. The second-order valence-electron chi connectivity index (χ2n) is 4.28. The number of thioether (sulfide) groups is 1. The number of nitrogens with one attached hydrogen (secondary N) is 1. The van der Waals surface area contributed by atoms with Gasteiger partial charge in [-0.3, -0.25) is 11.3 Å². The molecule has 3 N–H and O–H groups in total. The van der Waals surface area contributed by atoms with Crippen LogP contribution in [0.25, 0.3) is 0 Å². The van der Waals surface area contributed by atoms with Crippen molar-refractivity contribution in [1.82, 2.24) is 5.43 Å². The van der Waals surface area contributed by atoms with Gasteiger partial charge in [-0.1, -0.05) is 26.0 Å². The Morgan fingerprint density at radius 3 is 2.71 bits per heavy atom. The van der Waals surface area contributed by atoms with Crippen molar-refractivity contribution in [1.29, 1.82) is 0 Å². The molecule has 1 aromatic rings. The van der Waals surface area contributed by atoms with Crippen molar-refractivity contribution in [2.45, 2.75) is 38.5 Å². The molecule has 17 heavy (non-hydrogen) atoms. The van der Waals surface area contributed by atoms with E-state index in [2.05, 4.69) is 19.3 Å². The number of rotatable bonds is 6. The zero-order valence-corrected chi connectivity index (χ0v) is 11.5.